The van der Waals surface area contributed by atoms with Gasteiger partial charge in [-0.3, -0.25) is 19.2 Å². The van der Waals surface area contributed by atoms with E-state index < -0.39 is 59.6 Å². The molecule has 1 heterocycles. The van der Waals surface area contributed by atoms with E-state index in [0.717, 1.165) is 0 Å². The van der Waals surface area contributed by atoms with Crippen LogP contribution in [-0.4, -0.2) is 73.8 Å². The molecule has 1 saturated heterocycles. The van der Waals surface area contributed by atoms with Gasteiger partial charge in [0.15, 0.2) is 0 Å². The molecular formula is C23H35NO8. The fraction of sp³-hybridized carbons (Fsp3) is 0.826. The van der Waals surface area contributed by atoms with Crippen molar-refractivity contribution >= 4 is 23.9 Å². The molecule has 1 aliphatic heterocycles. The van der Waals surface area contributed by atoms with Gasteiger partial charge in [-0.05, 0) is 26.4 Å². The second-order valence-electron chi connectivity index (χ2n) is 10.0. The van der Waals surface area contributed by atoms with Crippen LogP contribution in [0.15, 0.2) is 0 Å². The van der Waals surface area contributed by atoms with Crippen molar-refractivity contribution in [3.8, 4) is 0 Å². The molecule has 0 radical (unpaired) electrons. The Balaban J connectivity index is 2.15. The van der Waals surface area contributed by atoms with Crippen LogP contribution in [0.3, 0.4) is 0 Å². The number of carbonyl (C=O) groups excluding carboxylic acids is 4. The van der Waals surface area contributed by atoms with Crippen molar-refractivity contribution in [1.29, 1.82) is 0 Å². The number of rotatable bonds is 5. The highest BCUT2D eigenvalue weighted by molar-refractivity contribution is 5.76. The molecule has 0 N–H and O–H groups in total. The summed E-state index contributed by atoms with van der Waals surface area (Å²) in [6, 6.07) is 0. The number of ether oxygens (including phenoxy) is 4. The topological polar surface area (TPSA) is 108 Å². The first-order chi connectivity index (χ1) is 14.9. The van der Waals surface area contributed by atoms with Gasteiger partial charge in [0.25, 0.3) is 0 Å². The average molecular weight is 454 g/mol. The molecule has 2 aliphatic carbocycles. The summed E-state index contributed by atoms with van der Waals surface area (Å²) in [5.41, 5.74) is -0.866. The molecule has 3 rings (SSSR count). The van der Waals surface area contributed by atoms with Gasteiger partial charge in [0.1, 0.15) is 24.4 Å². The third kappa shape index (κ3) is 4.36. The molecule has 0 aromatic rings. The van der Waals surface area contributed by atoms with Crippen LogP contribution in [0.4, 0.5) is 0 Å². The quantitative estimate of drug-likeness (QED) is 0.453. The third-order valence-corrected chi connectivity index (χ3v) is 7.38. The maximum atomic E-state index is 12.8. The molecule has 3 aliphatic rings. The monoisotopic (exact) mass is 453 g/mol. The first-order valence-electron chi connectivity index (χ1n) is 11.2. The Bertz CT molecular complexity index is 782. The lowest BCUT2D eigenvalue weighted by atomic mass is 9.66. The Labute approximate surface area is 189 Å². The molecule has 0 aromatic carbocycles. The van der Waals surface area contributed by atoms with Crippen LogP contribution in [0, 0.1) is 29.1 Å². The second-order valence-corrected chi connectivity index (χ2v) is 10.0. The fourth-order valence-electron chi connectivity index (χ4n) is 6.53. The van der Waals surface area contributed by atoms with Crippen LogP contribution in [0.5, 0.6) is 0 Å². The maximum Gasteiger partial charge on any atom is 0.311 e. The van der Waals surface area contributed by atoms with Crippen LogP contribution in [0.25, 0.3) is 0 Å². The summed E-state index contributed by atoms with van der Waals surface area (Å²) >= 11 is 0. The standard InChI is InChI=1S/C23H35NO8/c1-11-8-16-19(15(10-24(6)7)22(28)32-16)21(31-14(4)27)23(5)18(30-13(3)26)9-17(20(11)23)29-12(2)25/h11,15-21H,8-10H2,1-7H3/t11-,15?,16+,17+,18+,19-,20-,21+,23-/m1/s1. The summed E-state index contributed by atoms with van der Waals surface area (Å²) in [5.74, 6) is -2.85. The van der Waals surface area contributed by atoms with E-state index >= 15 is 0 Å². The summed E-state index contributed by atoms with van der Waals surface area (Å²) in [5, 5.41) is 0. The minimum absolute atomic E-state index is 0.0381. The summed E-state index contributed by atoms with van der Waals surface area (Å²) < 4.78 is 23.2. The van der Waals surface area contributed by atoms with Gasteiger partial charge in [0.2, 0.25) is 0 Å². The van der Waals surface area contributed by atoms with E-state index in [4.69, 9.17) is 18.9 Å². The van der Waals surface area contributed by atoms with Crippen molar-refractivity contribution in [2.45, 2.75) is 71.9 Å². The van der Waals surface area contributed by atoms with Crippen LogP contribution >= 0.6 is 0 Å². The van der Waals surface area contributed by atoms with E-state index in [0.29, 0.717) is 19.4 Å². The van der Waals surface area contributed by atoms with Gasteiger partial charge < -0.3 is 23.8 Å². The number of esters is 4. The molecule has 3 fully saturated rings. The van der Waals surface area contributed by atoms with Crippen molar-refractivity contribution in [2.24, 2.45) is 29.1 Å². The number of carbonyl (C=O) groups is 4. The molecule has 0 spiro atoms. The molecule has 0 bridgehead atoms. The van der Waals surface area contributed by atoms with Gasteiger partial charge in [-0.2, -0.15) is 0 Å². The maximum absolute atomic E-state index is 12.8. The van der Waals surface area contributed by atoms with Crippen LogP contribution < -0.4 is 0 Å². The molecular weight excluding hydrogens is 418 g/mol. The number of nitrogens with zero attached hydrogens (tertiary/aromatic N) is 1. The largest absolute Gasteiger partial charge is 0.462 e. The van der Waals surface area contributed by atoms with E-state index in [9.17, 15) is 19.2 Å². The van der Waals surface area contributed by atoms with Gasteiger partial charge >= 0.3 is 23.9 Å². The number of hydrogen-bond donors (Lipinski definition) is 0. The van der Waals surface area contributed by atoms with Gasteiger partial charge in [-0.15, -0.1) is 0 Å². The van der Waals surface area contributed by atoms with Crippen molar-refractivity contribution in [1.82, 2.24) is 4.90 Å². The Morgan fingerprint density at radius 1 is 1.03 bits per heavy atom. The predicted molar refractivity (Wildman–Crippen MR) is 112 cm³/mol. The highest BCUT2D eigenvalue weighted by atomic mass is 16.6. The first kappa shape index (κ1) is 24.5. The highest BCUT2D eigenvalue weighted by Gasteiger charge is 2.68. The molecule has 0 aromatic heterocycles. The molecule has 9 atom stereocenters. The van der Waals surface area contributed by atoms with Gasteiger partial charge in [0, 0.05) is 51.0 Å². The molecule has 9 nitrogen and oxygen atoms in total. The minimum Gasteiger partial charge on any atom is -0.462 e. The molecule has 9 heteroatoms. The van der Waals surface area contributed by atoms with Gasteiger partial charge in [0.05, 0.1) is 5.92 Å². The Kier molecular flexibility index (Phi) is 6.88. The Hall–Kier alpha value is -2.16. The summed E-state index contributed by atoms with van der Waals surface area (Å²) in [7, 11) is 3.75. The van der Waals surface area contributed by atoms with Crippen LogP contribution in [0.2, 0.25) is 0 Å². The number of hydrogen-bond acceptors (Lipinski definition) is 9. The second kappa shape index (κ2) is 9.00. The predicted octanol–water partition coefficient (Wildman–Crippen LogP) is 1.57. The first-order valence-corrected chi connectivity index (χ1v) is 11.2. The lowest BCUT2D eigenvalue weighted by Crippen LogP contribution is -2.54. The zero-order chi connectivity index (χ0) is 24.0. The van der Waals surface area contributed by atoms with Crippen molar-refractivity contribution in [3.63, 3.8) is 0 Å². The van der Waals surface area contributed by atoms with Crippen molar-refractivity contribution in [2.75, 3.05) is 20.6 Å². The highest BCUT2D eigenvalue weighted by Crippen LogP contribution is 2.59. The summed E-state index contributed by atoms with van der Waals surface area (Å²) in [4.78, 5) is 50.9. The average Bonchev–Trinajstić information content (AvgIpc) is 3.03. The molecule has 1 unspecified atom stereocenters. The van der Waals surface area contributed by atoms with Crippen LogP contribution in [0.1, 0.15) is 47.5 Å². The lowest BCUT2D eigenvalue weighted by Gasteiger charge is -2.45. The zero-order valence-corrected chi connectivity index (χ0v) is 20.0. The fourth-order valence-corrected chi connectivity index (χ4v) is 6.53. The van der Waals surface area contributed by atoms with E-state index in [2.05, 4.69) is 0 Å². The van der Waals surface area contributed by atoms with E-state index in [-0.39, 0.29) is 17.8 Å². The van der Waals surface area contributed by atoms with Gasteiger partial charge in [-0.1, -0.05) is 13.8 Å². The Morgan fingerprint density at radius 2 is 1.62 bits per heavy atom. The summed E-state index contributed by atoms with van der Waals surface area (Å²) in [6.45, 7) is 8.41. The minimum atomic E-state index is -0.866. The van der Waals surface area contributed by atoms with E-state index in [1.54, 1.807) is 0 Å². The van der Waals surface area contributed by atoms with Crippen molar-refractivity contribution < 1.29 is 38.1 Å². The van der Waals surface area contributed by atoms with Gasteiger partial charge in [-0.25, -0.2) is 0 Å². The summed E-state index contributed by atoms with van der Waals surface area (Å²) in [6.07, 6.45) is -1.48. The van der Waals surface area contributed by atoms with E-state index in [1.165, 1.54) is 20.8 Å². The zero-order valence-electron chi connectivity index (χ0n) is 20.0. The molecule has 2 saturated carbocycles. The third-order valence-electron chi connectivity index (χ3n) is 7.38. The SMILES string of the molecule is CC(=O)O[C@H]1C[C@H](OC(C)=O)[C@]2(C)[C@@H]1[C@H](C)C[C@@H]1OC(=O)C(CN(C)C)[C@H]1[C@@H]2OC(C)=O. The molecule has 0 amide bonds. The smallest absolute Gasteiger partial charge is 0.311 e. The molecule has 180 valence electrons. The molecule has 32 heavy (non-hydrogen) atoms. The normalized spacial score (nSPS) is 40.7. The number of fused-ring (bicyclic) bond motifs is 2. The lowest BCUT2D eigenvalue weighted by molar-refractivity contribution is -0.182. The van der Waals surface area contributed by atoms with Crippen LogP contribution in [-0.2, 0) is 38.1 Å². The van der Waals surface area contributed by atoms with E-state index in [1.807, 2.05) is 32.8 Å². The van der Waals surface area contributed by atoms with Crippen molar-refractivity contribution in [3.05, 3.63) is 0 Å². The Morgan fingerprint density at radius 3 is 2.16 bits per heavy atom.